The molecule has 1 heterocycles. The van der Waals surface area contributed by atoms with Crippen molar-refractivity contribution in [3.63, 3.8) is 0 Å². The first-order chi connectivity index (χ1) is 6.35. The zero-order valence-electron chi connectivity index (χ0n) is 8.77. The first-order valence-corrected chi connectivity index (χ1v) is 6.98. The third-order valence-electron chi connectivity index (χ3n) is 2.62. The van der Waals surface area contributed by atoms with Crippen molar-refractivity contribution in [2.75, 3.05) is 27.2 Å². The van der Waals surface area contributed by atoms with Gasteiger partial charge >= 0.3 is 0 Å². The summed E-state index contributed by atoms with van der Waals surface area (Å²) in [6, 6.07) is 0. The summed E-state index contributed by atoms with van der Waals surface area (Å²) >= 11 is 3.51. The molecule has 0 aromatic rings. The van der Waals surface area contributed by atoms with Crippen LogP contribution in [0.25, 0.3) is 0 Å². The standard InChI is InChI=1S/C8H17BrN2O2S/c1-7-4-5-11(6-8(7)9)14(12,13)10(2)3/h7-8H,4-6H2,1-3H3. The van der Waals surface area contributed by atoms with Crippen LogP contribution in [0.1, 0.15) is 13.3 Å². The minimum atomic E-state index is -3.22. The lowest BCUT2D eigenvalue weighted by Crippen LogP contribution is -2.47. The van der Waals surface area contributed by atoms with Gasteiger partial charge in [-0.1, -0.05) is 22.9 Å². The first-order valence-electron chi connectivity index (χ1n) is 4.67. The van der Waals surface area contributed by atoms with E-state index in [1.807, 2.05) is 0 Å². The third-order valence-corrected chi connectivity index (χ3v) is 5.72. The Balaban J connectivity index is 2.73. The highest BCUT2D eigenvalue weighted by atomic mass is 79.9. The van der Waals surface area contributed by atoms with Crippen molar-refractivity contribution in [3.8, 4) is 0 Å². The second-order valence-electron chi connectivity index (χ2n) is 3.93. The summed E-state index contributed by atoms with van der Waals surface area (Å²) in [6.45, 7) is 3.34. The molecule has 0 aliphatic carbocycles. The molecule has 2 unspecified atom stereocenters. The lowest BCUT2D eigenvalue weighted by atomic mass is 10.0. The summed E-state index contributed by atoms with van der Waals surface area (Å²) in [4.78, 5) is 0.269. The second kappa shape index (κ2) is 4.47. The fourth-order valence-electron chi connectivity index (χ4n) is 1.43. The molecule has 4 nitrogen and oxygen atoms in total. The number of hydrogen-bond donors (Lipinski definition) is 0. The largest absolute Gasteiger partial charge is 0.281 e. The Morgan fingerprint density at radius 3 is 2.43 bits per heavy atom. The lowest BCUT2D eigenvalue weighted by molar-refractivity contribution is 0.286. The van der Waals surface area contributed by atoms with Crippen molar-refractivity contribution in [1.82, 2.24) is 8.61 Å². The molecule has 1 saturated heterocycles. The fourth-order valence-corrected chi connectivity index (χ4v) is 3.39. The molecule has 1 aliphatic rings. The molecule has 1 rings (SSSR count). The van der Waals surface area contributed by atoms with Gasteiger partial charge in [0.05, 0.1) is 0 Å². The fraction of sp³-hybridized carbons (Fsp3) is 1.00. The number of halogens is 1. The van der Waals surface area contributed by atoms with E-state index in [0.717, 1.165) is 6.42 Å². The van der Waals surface area contributed by atoms with E-state index in [4.69, 9.17) is 0 Å². The topological polar surface area (TPSA) is 40.6 Å². The number of alkyl halides is 1. The molecule has 0 radical (unpaired) electrons. The van der Waals surface area contributed by atoms with Gasteiger partial charge in [-0.3, -0.25) is 0 Å². The molecule has 0 saturated carbocycles. The summed E-state index contributed by atoms with van der Waals surface area (Å²) in [5, 5.41) is 0. The van der Waals surface area contributed by atoms with Gasteiger partial charge in [-0.15, -0.1) is 0 Å². The Morgan fingerprint density at radius 1 is 1.43 bits per heavy atom. The van der Waals surface area contributed by atoms with Crippen LogP contribution in [0.2, 0.25) is 0 Å². The van der Waals surface area contributed by atoms with Crippen molar-refractivity contribution >= 4 is 26.1 Å². The molecule has 1 fully saturated rings. The van der Waals surface area contributed by atoms with E-state index in [-0.39, 0.29) is 4.83 Å². The lowest BCUT2D eigenvalue weighted by Gasteiger charge is -2.34. The predicted molar refractivity (Wildman–Crippen MR) is 60.7 cm³/mol. The van der Waals surface area contributed by atoms with Crippen LogP contribution in [0.15, 0.2) is 0 Å². The molecule has 84 valence electrons. The summed E-state index contributed by atoms with van der Waals surface area (Å²) < 4.78 is 26.3. The smallest absolute Gasteiger partial charge is 0.195 e. The molecule has 0 bridgehead atoms. The van der Waals surface area contributed by atoms with Gasteiger partial charge in [0.25, 0.3) is 10.2 Å². The molecular weight excluding hydrogens is 268 g/mol. The highest BCUT2D eigenvalue weighted by Crippen LogP contribution is 2.25. The van der Waals surface area contributed by atoms with Crippen LogP contribution < -0.4 is 0 Å². The Hall–Kier alpha value is 0.350. The van der Waals surface area contributed by atoms with Gasteiger partial charge in [0.2, 0.25) is 0 Å². The van der Waals surface area contributed by atoms with Crippen LogP contribution in [0, 0.1) is 5.92 Å². The highest BCUT2D eigenvalue weighted by molar-refractivity contribution is 9.09. The van der Waals surface area contributed by atoms with Gasteiger partial charge in [-0.05, 0) is 12.3 Å². The zero-order valence-corrected chi connectivity index (χ0v) is 11.2. The van der Waals surface area contributed by atoms with Crippen molar-refractivity contribution < 1.29 is 8.42 Å². The van der Waals surface area contributed by atoms with Crippen LogP contribution in [0.3, 0.4) is 0 Å². The second-order valence-corrected chi connectivity index (χ2v) is 7.25. The monoisotopic (exact) mass is 284 g/mol. The van der Waals surface area contributed by atoms with E-state index in [1.165, 1.54) is 8.61 Å². The Morgan fingerprint density at radius 2 is 2.00 bits per heavy atom. The molecule has 14 heavy (non-hydrogen) atoms. The van der Waals surface area contributed by atoms with Gasteiger partial charge < -0.3 is 0 Å². The van der Waals surface area contributed by atoms with Gasteiger partial charge in [0.15, 0.2) is 0 Å². The summed E-state index contributed by atoms with van der Waals surface area (Å²) in [5.74, 6) is 0.545. The van der Waals surface area contributed by atoms with Crippen molar-refractivity contribution in [1.29, 1.82) is 0 Å². The van der Waals surface area contributed by atoms with E-state index in [1.54, 1.807) is 14.1 Å². The minimum Gasteiger partial charge on any atom is -0.195 e. The van der Waals surface area contributed by atoms with Crippen LogP contribution in [-0.4, -0.2) is 49.0 Å². The molecule has 0 amide bonds. The molecule has 0 spiro atoms. The third kappa shape index (κ3) is 2.48. The number of hydrogen-bond acceptors (Lipinski definition) is 2. The average molecular weight is 285 g/mol. The number of piperidine rings is 1. The van der Waals surface area contributed by atoms with Gasteiger partial charge in [-0.25, -0.2) is 0 Å². The minimum absolute atomic E-state index is 0.269. The Kier molecular flexibility index (Phi) is 3.96. The Labute approximate surface area is 94.6 Å². The van der Waals surface area contributed by atoms with Gasteiger partial charge in [0, 0.05) is 32.0 Å². The Bertz CT molecular complexity index is 292. The quantitative estimate of drug-likeness (QED) is 0.707. The van der Waals surface area contributed by atoms with Crippen LogP contribution in [-0.2, 0) is 10.2 Å². The van der Waals surface area contributed by atoms with Crippen LogP contribution >= 0.6 is 15.9 Å². The highest BCUT2D eigenvalue weighted by Gasteiger charge is 2.32. The van der Waals surface area contributed by atoms with E-state index >= 15 is 0 Å². The maximum absolute atomic E-state index is 11.8. The summed E-state index contributed by atoms with van der Waals surface area (Å²) in [5.41, 5.74) is 0. The molecule has 6 heteroatoms. The summed E-state index contributed by atoms with van der Waals surface area (Å²) in [7, 11) is -0.0875. The molecule has 2 atom stereocenters. The maximum atomic E-state index is 11.8. The van der Waals surface area contributed by atoms with E-state index in [9.17, 15) is 8.42 Å². The molecule has 1 aliphatic heterocycles. The van der Waals surface area contributed by atoms with Crippen molar-refractivity contribution in [3.05, 3.63) is 0 Å². The van der Waals surface area contributed by atoms with E-state index in [0.29, 0.717) is 19.0 Å². The van der Waals surface area contributed by atoms with Crippen LogP contribution in [0.4, 0.5) is 0 Å². The molecule has 0 N–H and O–H groups in total. The van der Waals surface area contributed by atoms with Crippen molar-refractivity contribution in [2.45, 2.75) is 18.2 Å². The van der Waals surface area contributed by atoms with Gasteiger partial charge in [-0.2, -0.15) is 17.0 Å². The molecule has 0 aromatic heterocycles. The molecule has 0 aromatic carbocycles. The van der Waals surface area contributed by atoms with Crippen LogP contribution in [0.5, 0.6) is 0 Å². The first kappa shape index (κ1) is 12.4. The van der Waals surface area contributed by atoms with E-state index in [2.05, 4.69) is 22.9 Å². The van der Waals surface area contributed by atoms with Gasteiger partial charge in [0.1, 0.15) is 0 Å². The predicted octanol–water partition coefficient (Wildman–Crippen LogP) is 0.898. The summed E-state index contributed by atoms with van der Waals surface area (Å²) in [6.07, 6.45) is 0.920. The van der Waals surface area contributed by atoms with E-state index < -0.39 is 10.2 Å². The zero-order chi connectivity index (χ0) is 10.9. The SMILES string of the molecule is CC1CCN(S(=O)(=O)N(C)C)CC1Br. The number of rotatable bonds is 2. The maximum Gasteiger partial charge on any atom is 0.281 e. The normalized spacial score (nSPS) is 30.9. The number of nitrogens with zero attached hydrogens (tertiary/aromatic N) is 2. The average Bonchev–Trinajstić information content (AvgIpc) is 2.09. The molecular formula is C8H17BrN2O2S. The van der Waals surface area contributed by atoms with Crippen molar-refractivity contribution in [2.24, 2.45) is 5.92 Å².